The molecule has 3 rings (SSSR count). The number of hydrogen-bond acceptors (Lipinski definition) is 3. The summed E-state index contributed by atoms with van der Waals surface area (Å²) in [7, 11) is 0. The number of thioether (sulfide) groups is 1. The number of benzene rings is 1. The molecule has 0 bridgehead atoms. The van der Waals surface area contributed by atoms with Crippen molar-refractivity contribution in [3.63, 3.8) is 0 Å². The lowest BCUT2D eigenvalue weighted by atomic mass is 10.2. The Morgan fingerprint density at radius 3 is 3.00 bits per heavy atom. The molecule has 0 saturated heterocycles. The summed E-state index contributed by atoms with van der Waals surface area (Å²) in [6.45, 7) is 2.08. The minimum absolute atomic E-state index is 0.162. The Kier molecular flexibility index (Phi) is 3.39. The number of thiazole rings is 1. The third-order valence-corrected chi connectivity index (χ3v) is 4.82. The smallest absolute Gasteiger partial charge is 0.134 e. The molecule has 2 aromatic rings. The Bertz CT molecular complexity index is 561. The van der Waals surface area contributed by atoms with Gasteiger partial charge in [-0.3, -0.25) is 0 Å². The van der Waals surface area contributed by atoms with Gasteiger partial charge in [0.05, 0.1) is 11.3 Å². The number of hydrogen-bond donors (Lipinski definition) is 0. The van der Waals surface area contributed by atoms with Crippen LogP contribution in [0.2, 0.25) is 0 Å². The van der Waals surface area contributed by atoms with Gasteiger partial charge in [0.15, 0.2) is 0 Å². The highest BCUT2D eigenvalue weighted by molar-refractivity contribution is 7.99. The molecule has 1 aromatic heterocycles. The molecule has 1 aliphatic rings. The molecule has 0 atom stereocenters. The SMILES string of the molecule is CCSc1cccc(F)c1-c1nc(C2CC2)cs1. The van der Waals surface area contributed by atoms with Gasteiger partial charge in [0.1, 0.15) is 10.8 Å². The maximum Gasteiger partial charge on any atom is 0.134 e. The molecule has 1 saturated carbocycles. The highest BCUT2D eigenvalue weighted by Gasteiger charge is 2.27. The van der Waals surface area contributed by atoms with Crippen molar-refractivity contribution in [1.82, 2.24) is 4.98 Å². The van der Waals surface area contributed by atoms with Gasteiger partial charge in [-0.25, -0.2) is 9.37 Å². The van der Waals surface area contributed by atoms with Gasteiger partial charge in [-0.05, 0) is 30.7 Å². The third kappa shape index (κ3) is 2.31. The summed E-state index contributed by atoms with van der Waals surface area (Å²) < 4.78 is 14.0. The Morgan fingerprint density at radius 1 is 1.44 bits per heavy atom. The highest BCUT2D eigenvalue weighted by atomic mass is 32.2. The molecule has 1 heterocycles. The largest absolute Gasteiger partial charge is 0.241 e. The van der Waals surface area contributed by atoms with Crippen molar-refractivity contribution < 1.29 is 4.39 Å². The van der Waals surface area contributed by atoms with E-state index in [1.54, 1.807) is 29.2 Å². The van der Waals surface area contributed by atoms with Crippen molar-refractivity contribution in [1.29, 1.82) is 0 Å². The zero-order chi connectivity index (χ0) is 12.5. The first kappa shape index (κ1) is 12.2. The fourth-order valence-corrected chi connectivity index (χ4v) is 3.81. The van der Waals surface area contributed by atoms with Crippen LogP contribution in [-0.2, 0) is 0 Å². The molecular formula is C14H14FNS2. The van der Waals surface area contributed by atoms with Crippen LogP contribution in [0, 0.1) is 5.82 Å². The lowest BCUT2D eigenvalue weighted by Gasteiger charge is -2.06. The van der Waals surface area contributed by atoms with Crippen molar-refractivity contribution in [3.8, 4) is 10.6 Å². The molecule has 0 radical (unpaired) electrons. The van der Waals surface area contributed by atoms with Gasteiger partial charge in [-0.15, -0.1) is 23.1 Å². The molecule has 0 amide bonds. The fraction of sp³-hybridized carbons (Fsp3) is 0.357. The average Bonchev–Trinajstić information content (AvgIpc) is 3.10. The lowest BCUT2D eigenvalue weighted by Crippen LogP contribution is -1.89. The van der Waals surface area contributed by atoms with Gasteiger partial charge >= 0.3 is 0 Å². The summed E-state index contributed by atoms with van der Waals surface area (Å²) in [5, 5.41) is 2.91. The van der Waals surface area contributed by atoms with E-state index in [0.29, 0.717) is 11.5 Å². The quantitative estimate of drug-likeness (QED) is 0.735. The monoisotopic (exact) mass is 279 g/mol. The van der Waals surface area contributed by atoms with E-state index in [2.05, 4.69) is 17.3 Å². The van der Waals surface area contributed by atoms with E-state index < -0.39 is 0 Å². The van der Waals surface area contributed by atoms with Crippen LogP contribution in [0.3, 0.4) is 0 Å². The number of aromatic nitrogens is 1. The molecule has 0 unspecified atom stereocenters. The topological polar surface area (TPSA) is 12.9 Å². The van der Waals surface area contributed by atoms with Crippen molar-refractivity contribution in [2.45, 2.75) is 30.6 Å². The summed E-state index contributed by atoms with van der Waals surface area (Å²) in [5.41, 5.74) is 1.83. The molecule has 1 aliphatic carbocycles. The van der Waals surface area contributed by atoms with Crippen molar-refractivity contribution in [2.75, 3.05) is 5.75 Å². The molecule has 1 fully saturated rings. The second kappa shape index (κ2) is 5.02. The molecule has 0 N–H and O–H groups in total. The van der Waals surface area contributed by atoms with Crippen molar-refractivity contribution >= 4 is 23.1 Å². The second-order valence-electron chi connectivity index (χ2n) is 4.40. The van der Waals surface area contributed by atoms with Gasteiger partial charge in [0, 0.05) is 16.2 Å². The van der Waals surface area contributed by atoms with Crippen molar-refractivity contribution in [3.05, 3.63) is 35.1 Å². The Balaban J connectivity index is 2.02. The zero-order valence-electron chi connectivity index (χ0n) is 10.1. The fourth-order valence-electron chi connectivity index (χ4n) is 1.96. The van der Waals surface area contributed by atoms with E-state index in [9.17, 15) is 4.39 Å². The Morgan fingerprint density at radius 2 is 2.28 bits per heavy atom. The van der Waals surface area contributed by atoms with Crippen LogP contribution in [0.25, 0.3) is 10.6 Å². The van der Waals surface area contributed by atoms with E-state index in [0.717, 1.165) is 21.3 Å². The van der Waals surface area contributed by atoms with E-state index in [1.807, 2.05) is 6.07 Å². The predicted octanol–water partition coefficient (Wildman–Crippen LogP) is 4.94. The van der Waals surface area contributed by atoms with Gasteiger partial charge < -0.3 is 0 Å². The van der Waals surface area contributed by atoms with Crippen LogP contribution >= 0.6 is 23.1 Å². The standard InChI is InChI=1S/C14H14FNS2/c1-2-17-12-5-3-4-10(15)13(12)14-16-11(8-18-14)9-6-7-9/h3-5,8-9H,2,6-7H2,1H3. The van der Waals surface area contributed by atoms with Gasteiger partial charge in [0.25, 0.3) is 0 Å². The zero-order valence-corrected chi connectivity index (χ0v) is 11.8. The molecule has 18 heavy (non-hydrogen) atoms. The highest BCUT2D eigenvalue weighted by Crippen LogP contribution is 2.43. The summed E-state index contributed by atoms with van der Waals surface area (Å²) >= 11 is 3.23. The number of halogens is 1. The predicted molar refractivity (Wildman–Crippen MR) is 75.9 cm³/mol. The normalized spacial score (nSPS) is 15.0. The van der Waals surface area contributed by atoms with Crippen LogP contribution in [0.1, 0.15) is 31.4 Å². The maximum absolute atomic E-state index is 14.0. The van der Waals surface area contributed by atoms with E-state index in [1.165, 1.54) is 18.9 Å². The first-order valence-electron chi connectivity index (χ1n) is 6.16. The van der Waals surface area contributed by atoms with Crippen molar-refractivity contribution in [2.24, 2.45) is 0 Å². The van der Waals surface area contributed by atoms with Crippen LogP contribution in [-0.4, -0.2) is 10.7 Å². The van der Waals surface area contributed by atoms with E-state index in [-0.39, 0.29) is 5.82 Å². The molecule has 94 valence electrons. The molecular weight excluding hydrogens is 265 g/mol. The van der Waals surface area contributed by atoms with E-state index in [4.69, 9.17) is 0 Å². The van der Waals surface area contributed by atoms with Gasteiger partial charge in [0.2, 0.25) is 0 Å². The summed E-state index contributed by atoms with van der Waals surface area (Å²) in [6, 6.07) is 5.27. The maximum atomic E-state index is 14.0. The van der Waals surface area contributed by atoms with Gasteiger partial charge in [-0.1, -0.05) is 13.0 Å². The molecule has 0 spiro atoms. The molecule has 4 heteroatoms. The van der Waals surface area contributed by atoms with Crippen LogP contribution in [0.4, 0.5) is 4.39 Å². The summed E-state index contributed by atoms with van der Waals surface area (Å²) in [4.78, 5) is 5.61. The van der Waals surface area contributed by atoms with Crippen LogP contribution in [0.5, 0.6) is 0 Å². The number of nitrogens with zero attached hydrogens (tertiary/aromatic N) is 1. The third-order valence-electron chi connectivity index (χ3n) is 3.01. The minimum Gasteiger partial charge on any atom is -0.241 e. The first-order valence-corrected chi connectivity index (χ1v) is 8.03. The second-order valence-corrected chi connectivity index (χ2v) is 6.56. The lowest BCUT2D eigenvalue weighted by molar-refractivity contribution is 0.628. The van der Waals surface area contributed by atoms with Crippen LogP contribution < -0.4 is 0 Å². The minimum atomic E-state index is -0.162. The van der Waals surface area contributed by atoms with E-state index >= 15 is 0 Å². The summed E-state index contributed by atoms with van der Waals surface area (Å²) in [5.74, 6) is 1.41. The average molecular weight is 279 g/mol. The Hall–Kier alpha value is -0.870. The molecule has 0 aliphatic heterocycles. The number of rotatable bonds is 4. The molecule has 1 aromatic carbocycles. The molecule has 1 nitrogen and oxygen atoms in total. The van der Waals surface area contributed by atoms with Gasteiger partial charge in [-0.2, -0.15) is 0 Å². The first-order chi connectivity index (χ1) is 8.79. The van der Waals surface area contributed by atoms with Crippen LogP contribution in [0.15, 0.2) is 28.5 Å². The summed E-state index contributed by atoms with van der Waals surface area (Å²) in [6.07, 6.45) is 2.47. The Labute approximate surface area is 114 Å².